The van der Waals surface area contributed by atoms with Gasteiger partial charge in [0, 0.05) is 0 Å². The maximum absolute atomic E-state index is 12.3. The van der Waals surface area contributed by atoms with Gasteiger partial charge in [-0.25, -0.2) is 9.78 Å². The van der Waals surface area contributed by atoms with E-state index < -0.39 is 18.2 Å². The maximum Gasteiger partial charge on any atom is 0.324 e. The van der Waals surface area contributed by atoms with Gasteiger partial charge >= 0.3 is 6.03 Å². The Bertz CT molecular complexity index is 814. The number of rotatable bonds is 6. The first kappa shape index (κ1) is 17.4. The summed E-state index contributed by atoms with van der Waals surface area (Å²) >= 11 is 0. The van der Waals surface area contributed by atoms with Crippen LogP contribution in [-0.4, -0.2) is 50.2 Å². The molecule has 1 aliphatic rings. The number of hydrogen-bond donors (Lipinski definition) is 2. The Hall–Kier alpha value is -2.41. The van der Waals surface area contributed by atoms with Crippen molar-refractivity contribution in [1.82, 2.24) is 19.8 Å². The fourth-order valence-electron chi connectivity index (χ4n) is 3.19. The van der Waals surface area contributed by atoms with Crippen LogP contribution in [0.15, 0.2) is 18.5 Å². The normalized spacial score (nSPS) is 18.9. The highest BCUT2D eigenvalue weighted by Gasteiger charge is 2.38. The molecule has 1 fully saturated rings. The summed E-state index contributed by atoms with van der Waals surface area (Å²) in [6, 6.07) is 3.16. The zero-order chi connectivity index (χ0) is 18.1. The van der Waals surface area contributed by atoms with Crippen molar-refractivity contribution in [2.24, 2.45) is 0 Å². The Kier molecular flexibility index (Phi) is 4.76. The second-order valence-electron chi connectivity index (χ2n) is 6.72. The second kappa shape index (κ2) is 6.84. The molecule has 25 heavy (non-hydrogen) atoms. The maximum atomic E-state index is 12.3. The summed E-state index contributed by atoms with van der Waals surface area (Å²) in [4.78, 5) is 29.7. The lowest BCUT2D eigenvalue weighted by Crippen LogP contribution is -2.39. The summed E-state index contributed by atoms with van der Waals surface area (Å²) in [5, 5.41) is 13.1. The van der Waals surface area contributed by atoms with Crippen LogP contribution < -0.4 is 5.32 Å². The largest absolute Gasteiger partial charge is 0.389 e. The van der Waals surface area contributed by atoms with E-state index in [1.165, 1.54) is 5.56 Å². The molecule has 7 nitrogen and oxygen atoms in total. The number of nitrogens with zero attached hydrogens (tertiary/aromatic N) is 3. The molecule has 0 spiro atoms. The molecule has 0 aliphatic carbocycles. The van der Waals surface area contributed by atoms with Gasteiger partial charge in [-0.3, -0.25) is 9.69 Å². The first-order valence-electron chi connectivity index (χ1n) is 8.62. The van der Waals surface area contributed by atoms with Crippen LogP contribution in [-0.2, 0) is 11.3 Å². The topological polar surface area (TPSA) is 87.5 Å². The number of hydrogen-bond acceptors (Lipinski definition) is 4. The molecule has 2 atom stereocenters. The first-order valence-corrected chi connectivity index (χ1v) is 8.62. The van der Waals surface area contributed by atoms with Crippen LogP contribution in [0.2, 0.25) is 0 Å². The monoisotopic (exact) mass is 344 g/mol. The Labute approximate surface area is 146 Å². The molecule has 0 radical (unpaired) electrons. The average Bonchev–Trinajstić information content (AvgIpc) is 3.04. The summed E-state index contributed by atoms with van der Waals surface area (Å²) < 4.78 is 1.86. The van der Waals surface area contributed by atoms with Crippen molar-refractivity contribution >= 4 is 23.0 Å². The van der Waals surface area contributed by atoms with E-state index in [1.807, 2.05) is 37.5 Å². The summed E-state index contributed by atoms with van der Waals surface area (Å²) in [7, 11) is 0. The number of nitrogens with one attached hydrogen (secondary N) is 1. The quantitative estimate of drug-likeness (QED) is 0.781. The molecule has 1 aromatic heterocycles. The number of imide groups is 1. The van der Waals surface area contributed by atoms with Crippen LogP contribution in [0.5, 0.6) is 0 Å². The predicted octanol–water partition coefficient (Wildman–Crippen LogP) is 1.73. The van der Waals surface area contributed by atoms with Gasteiger partial charge in [0.25, 0.3) is 5.91 Å². The number of carbonyl (C=O) groups excluding carboxylic acids is 2. The summed E-state index contributed by atoms with van der Waals surface area (Å²) in [6.45, 7) is 6.28. The van der Waals surface area contributed by atoms with Crippen molar-refractivity contribution in [3.63, 3.8) is 0 Å². The van der Waals surface area contributed by atoms with Crippen molar-refractivity contribution in [3.05, 3.63) is 29.6 Å². The third-order valence-corrected chi connectivity index (χ3v) is 4.72. The molecule has 1 aliphatic heterocycles. The van der Waals surface area contributed by atoms with Crippen LogP contribution >= 0.6 is 0 Å². The van der Waals surface area contributed by atoms with E-state index in [9.17, 15) is 14.7 Å². The third-order valence-electron chi connectivity index (χ3n) is 4.72. The van der Waals surface area contributed by atoms with Crippen LogP contribution in [0.25, 0.3) is 11.0 Å². The van der Waals surface area contributed by atoms with Gasteiger partial charge in [-0.05, 0) is 43.5 Å². The molecule has 7 heteroatoms. The highest BCUT2D eigenvalue weighted by atomic mass is 16.3. The molecule has 0 saturated carbocycles. The van der Waals surface area contributed by atoms with E-state index >= 15 is 0 Å². The molecule has 134 valence electrons. The van der Waals surface area contributed by atoms with Crippen LogP contribution in [0.1, 0.15) is 30.9 Å². The molecule has 3 rings (SSSR count). The minimum Gasteiger partial charge on any atom is -0.389 e. The Morgan fingerprint density at radius 1 is 1.24 bits per heavy atom. The fourth-order valence-corrected chi connectivity index (χ4v) is 3.19. The SMILES string of the molecule is CCC[C@@H]1NC(=O)N(C[C@H](O)Cn2cnc3cc(C)c(C)cc32)C1=O. The third kappa shape index (κ3) is 3.37. The zero-order valence-electron chi connectivity index (χ0n) is 14.8. The number of fused-ring (bicyclic) bond motifs is 1. The summed E-state index contributed by atoms with van der Waals surface area (Å²) in [6.07, 6.45) is 2.25. The van der Waals surface area contributed by atoms with Crippen LogP contribution in [0.4, 0.5) is 4.79 Å². The standard InChI is InChI=1S/C18H24N4O3/c1-4-5-14-17(24)22(18(25)20-14)9-13(23)8-21-10-19-15-6-11(2)12(3)7-16(15)21/h6-7,10,13-14,23H,4-5,8-9H2,1-3H3,(H,20,25)/t13-,14+/m1/s1. The lowest BCUT2D eigenvalue weighted by molar-refractivity contribution is -0.128. The predicted molar refractivity (Wildman–Crippen MR) is 94.2 cm³/mol. The van der Waals surface area contributed by atoms with E-state index in [-0.39, 0.29) is 19.0 Å². The van der Waals surface area contributed by atoms with Gasteiger partial charge in [0.15, 0.2) is 0 Å². The molecule has 2 aromatic rings. The number of aliphatic hydroxyl groups is 1. The molecule has 1 aromatic carbocycles. The average molecular weight is 344 g/mol. The minimum absolute atomic E-state index is 0.0185. The lowest BCUT2D eigenvalue weighted by Gasteiger charge is -2.18. The zero-order valence-corrected chi connectivity index (χ0v) is 14.8. The van der Waals surface area contributed by atoms with E-state index in [2.05, 4.69) is 10.3 Å². The molecule has 2 heterocycles. The van der Waals surface area contributed by atoms with Crippen molar-refractivity contribution < 1.29 is 14.7 Å². The number of aryl methyl sites for hydroxylation is 2. The van der Waals surface area contributed by atoms with Gasteiger partial charge in [-0.1, -0.05) is 13.3 Å². The van der Waals surface area contributed by atoms with E-state index in [1.54, 1.807) is 6.33 Å². The van der Waals surface area contributed by atoms with E-state index in [4.69, 9.17) is 0 Å². The van der Waals surface area contributed by atoms with E-state index in [0.717, 1.165) is 27.9 Å². The molecule has 1 saturated heterocycles. The summed E-state index contributed by atoms with van der Waals surface area (Å²) in [5.74, 6) is -0.257. The smallest absolute Gasteiger partial charge is 0.324 e. The Morgan fingerprint density at radius 2 is 1.96 bits per heavy atom. The van der Waals surface area contributed by atoms with Gasteiger partial charge in [-0.2, -0.15) is 0 Å². The molecule has 0 unspecified atom stereocenters. The fraction of sp³-hybridized carbons (Fsp3) is 0.500. The van der Waals surface area contributed by atoms with Crippen molar-refractivity contribution in [2.45, 2.75) is 52.3 Å². The van der Waals surface area contributed by atoms with E-state index in [0.29, 0.717) is 6.42 Å². The van der Waals surface area contributed by atoms with Gasteiger partial charge < -0.3 is 15.0 Å². The number of imidazole rings is 1. The number of amides is 3. The molecular formula is C18H24N4O3. The minimum atomic E-state index is -0.853. The molecular weight excluding hydrogens is 320 g/mol. The number of aromatic nitrogens is 2. The number of β-amino-alcohol motifs (C(OH)–C–C–N with tert-alkyl or cyclic N) is 1. The first-order chi connectivity index (χ1) is 11.9. The summed E-state index contributed by atoms with van der Waals surface area (Å²) in [5.41, 5.74) is 4.12. The Balaban J connectivity index is 1.71. The van der Waals surface area contributed by atoms with Crippen LogP contribution in [0, 0.1) is 13.8 Å². The number of carbonyl (C=O) groups is 2. The van der Waals surface area contributed by atoms with Gasteiger partial charge in [-0.15, -0.1) is 0 Å². The van der Waals surface area contributed by atoms with Gasteiger partial charge in [0.2, 0.25) is 0 Å². The highest BCUT2D eigenvalue weighted by molar-refractivity contribution is 6.04. The molecule has 2 N–H and O–H groups in total. The number of benzene rings is 1. The number of aliphatic hydroxyl groups excluding tert-OH is 1. The highest BCUT2D eigenvalue weighted by Crippen LogP contribution is 2.19. The molecule has 0 bridgehead atoms. The van der Waals surface area contributed by atoms with Gasteiger partial charge in [0.1, 0.15) is 6.04 Å². The van der Waals surface area contributed by atoms with Crippen molar-refractivity contribution in [2.75, 3.05) is 6.54 Å². The molecule has 3 amide bonds. The van der Waals surface area contributed by atoms with Gasteiger partial charge in [0.05, 0.1) is 36.6 Å². The van der Waals surface area contributed by atoms with Crippen LogP contribution in [0.3, 0.4) is 0 Å². The van der Waals surface area contributed by atoms with Crippen molar-refractivity contribution in [3.8, 4) is 0 Å². The lowest BCUT2D eigenvalue weighted by atomic mass is 10.1. The number of urea groups is 1. The Morgan fingerprint density at radius 3 is 2.68 bits per heavy atom. The second-order valence-corrected chi connectivity index (χ2v) is 6.72. The van der Waals surface area contributed by atoms with Crippen molar-refractivity contribution in [1.29, 1.82) is 0 Å².